The molecule has 0 radical (unpaired) electrons. The van der Waals surface area contributed by atoms with Gasteiger partial charge in [0.15, 0.2) is 0 Å². The molecule has 2 aromatic rings. The second-order valence-electron chi connectivity index (χ2n) is 5.13. The van der Waals surface area contributed by atoms with Gasteiger partial charge in [0.25, 0.3) is 0 Å². The van der Waals surface area contributed by atoms with Crippen molar-refractivity contribution in [2.75, 3.05) is 0 Å². The van der Waals surface area contributed by atoms with Crippen LogP contribution in [0.5, 0.6) is 0 Å². The molecule has 6 nitrogen and oxygen atoms in total. The van der Waals surface area contributed by atoms with Crippen molar-refractivity contribution in [3.8, 4) is 0 Å². The predicted molar refractivity (Wildman–Crippen MR) is 93.5 cm³/mol. The third-order valence-corrected chi connectivity index (χ3v) is 3.18. The number of benzene rings is 2. The quantitative estimate of drug-likeness (QED) is 0.588. The van der Waals surface area contributed by atoms with E-state index in [0.717, 1.165) is 0 Å². The lowest BCUT2D eigenvalue weighted by atomic mass is 10.2. The number of hydrogen-bond acceptors (Lipinski definition) is 4. The van der Waals surface area contributed by atoms with E-state index in [1.54, 1.807) is 24.3 Å². The average molecular weight is 358 g/mol. The maximum absolute atomic E-state index is 13.3. The molecule has 2 amide bonds. The molecule has 2 aromatic carbocycles. The van der Waals surface area contributed by atoms with Gasteiger partial charge in [-0.05, 0) is 12.1 Å². The van der Waals surface area contributed by atoms with Gasteiger partial charge >= 0.3 is 0 Å². The van der Waals surface area contributed by atoms with Gasteiger partial charge in [0.05, 0.1) is 12.4 Å². The summed E-state index contributed by atoms with van der Waals surface area (Å²) in [5.41, 5.74) is 4.86. The lowest BCUT2D eigenvalue weighted by Crippen LogP contribution is -2.23. The van der Waals surface area contributed by atoms with Gasteiger partial charge < -0.3 is 0 Å². The molecule has 26 heavy (non-hydrogen) atoms. The highest BCUT2D eigenvalue weighted by Crippen LogP contribution is 2.03. The van der Waals surface area contributed by atoms with Crippen molar-refractivity contribution in [3.63, 3.8) is 0 Å². The van der Waals surface area contributed by atoms with Crippen LogP contribution in [0.1, 0.15) is 24.0 Å². The van der Waals surface area contributed by atoms with Gasteiger partial charge in [-0.1, -0.05) is 36.4 Å². The summed E-state index contributed by atoms with van der Waals surface area (Å²) in [4.78, 5) is 23.2. The minimum absolute atomic E-state index is 0.129. The summed E-state index contributed by atoms with van der Waals surface area (Å²) < 4.78 is 26.7. The molecular weight excluding hydrogens is 342 g/mol. The number of carbonyl (C=O) groups excluding carboxylic acids is 2. The van der Waals surface area contributed by atoms with E-state index in [9.17, 15) is 18.4 Å². The Morgan fingerprint density at radius 2 is 1.15 bits per heavy atom. The van der Waals surface area contributed by atoms with Gasteiger partial charge in [-0.15, -0.1) is 0 Å². The first kappa shape index (κ1) is 18.9. The van der Waals surface area contributed by atoms with Crippen molar-refractivity contribution in [1.29, 1.82) is 0 Å². The molecule has 2 N–H and O–H groups in total. The van der Waals surface area contributed by atoms with Crippen LogP contribution in [0.4, 0.5) is 8.78 Å². The molecule has 0 spiro atoms. The lowest BCUT2D eigenvalue weighted by molar-refractivity contribution is -0.126. The molecule has 0 saturated heterocycles. The van der Waals surface area contributed by atoms with Gasteiger partial charge in [-0.25, -0.2) is 19.6 Å². The summed E-state index contributed by atoms with van der Waals surface area (Å²) in [5, 5.41) is 7.25. The minimum Gasteiger partial charge on any atom is -0.273 e. The molecule has 2 rings (SSSR count). The van der Waals surface area contributed by atoms with Gasteiger partial charge in [0, 0.05) is 24.0 Å². The van der Waals surface area contributed by atoms with E-state index in [1.165, 1.54) is 36.7 Å². The van der Waals surface area contributed by atoms with Gasteiger partial charge in [0.2, 0.25) is 11.8 Å². The van der Waals surface area contributed by atoms with Crippen molar-refractivity contribution in [2.45, 2.75) is 12.8 Å². The summed E-state index contributed by atoms with van der Waals surface area (Å²) in [7, 11) is 0. The molecule has 0 bridgehead atoms. The maximum Gasteiger partial charge on any atom is 0.240 e. The summed E-state index contributed by atoms with van der Waals surface area (Å²) in [6.45, 7) is 0. The Labute approximate surface area is 148 Å². The summed E-state index contributed by atoms with van der Waals surface area (Å²) in [6, 6.07) is 11.9. The van der Waals surface area contributed by atoms with E-state index in [0.29, 0.717) is 0 Å². The van der Waals surface area contributed by atoms with E-state index < -0.39 is 23.4 Å². The van der Waals surface area contributed by atoms with Crippen molar-refractivity contribution >= 4 is 24.2 Å². The molecule has 134 valence electrons. The Bertz CT molecular complexity index is 768. The molecule has 0 aliphatic carbocycles. The van der Waals surface area contributed by atoms with E-state index in [4.69, 9.17) is 0 Å². The fourth-order valence-corrected chi connectivity index (χ4v) is 1.85. The number of nitrogens with zero attached hydrogens (tertiary/aromatic N) is 2. The smallest absolute Gasteiger partial charge is 0.240 e. The summed E-state index contributed by atoms with van der Waals surface area (Å²) in [6.07, 6.45) is 2.09. The van der Waals surface area contributed by atoms with Crippen LogP contribution >= 0.6 is 0 Å². The SMILES string of the molecule is O=C(CCC(=O)N/N=C\c1ccccc1F)N/N=C\c1ccccc1F. The zero-order valence-electron chi connectivity index (χ0n) is 13.7. The summed E-state index contributed by atoms with van der Waals surface area (Å²) >= 11 is 0. The van der Waals surface area contributed by atoms with Crippen LogP contribution in [0.3, 0.4) is 0 Å². The second kappa shape index (κ2) is 9.77. The molecule has 0 aliphatic heterocycles. The molecular formula is C18H16F2N4O2. The first-order valence-electron chi connectivity index (χ1n) is 7.69. The van der Waals surface area contributed by atoms with E-state index in [2.05, 4.69) is 21.1 Å². The molecule has 0 aliphatic rings. The first-order chi connectivity index (χ1) is 12.6. The highest BCUT2D eigenvalue weighted by molar-refractivity contribution is 5.86. The number of amides is 2. The lowest BCUT2D eigenvalue weighted by Gasteiger charge is -2.00. The first-order valence-corrected chi connectivity index (χ1v) is 7.69. The molecule has 0 unspecified atom stereocenters. The normalized spacial score (nSPS) is 11.0. The topological polar surface area (TPSA) is 82.9 Å². The molecule has 0 atom stereocenters. The number of hydrazone groups is 2. The second-order valence-corrected chi connectivity index (χ2v) is 5.13. The Kier molecular flexibility index (Phi) is 7.11. The minimum atomic E-state index is -0.508. The van der Waals surface area contributed by atoms with Crippen molar-refractivity contribution in [2.24, 2.45) is 10.2 Å². The highest BCUT2D eigenvalue weighted by atomic mass is 19.1. The van der Waals surface area contributed by atoms with Crippen molar-refractivity contribution in [1.82, 2.24) is 10.9 Å². The van der Waals surface area contributed by atoms with Crippen LogP contribution < -0.4 is 10.9 Å². The standard InChI is InChI=1S/C18H16F2N4O2/c19-15-7-3-1-5-13(15)11-21-23-17(25)9-10-18(26)24-22-12-14-6-2-4-8-16(14)20/h1-8,11-12H,9-10H2,(H,23,25)(H,24,26)/b21-11-,22-12-. The van der Waals surface area contributed by atoms with Gasteiger partial charge in [0.1, 0.15) is 11.6 Å². The molecule has 8 heteroatoms. The third-order valence-electron chi connectivity index (χ3n) is 3.18. The Morgan fingerprint density at radius 1 is 0.769 bits per heavy atom. The number of nitrogens with one attached hydrogen (secondary N) is 2. The van der Waals surface area contributed by atoms with Gasteiger partial charge in [-0.2, -0.15) is 10.2 Å². The maximum atomic E-state index is 13.3. The Hall–Kier alpha value is -3.42. The Morgan fingerprint density at radius 3 is 1.54 bits per heavy atom. The zero-order valence-corrected chi connectivity index (χ0v) is 13.7. The van der Waals surface area contributed by atoms with Crippen molar-refractivity contribution < 1.29 is 18.4 Å². The predicted octanol–water partition coefficient (Wildman–Crippen LogP) is 2.35. The van der Waals surface area contributed by atoms with Crippen molar-refractivity contribution in [3.05, 3.63) is 71.3 Å². The van der Waals surface area contributed by atoms with E-state index in [-0.39, 0.29) is 24.0 Å². The number of carbonyl (C=O) groups is 2. The largest absolute Gasteiger partial charge is 0.273 e. The fraction of sp³-hybridized carbons (Fsp3) is 0.111. The van der Waals surface area contributed by atoms with Crippen LogP contribution in [0.25, 0.3) is 0 Å². The number of hydrogen-bond donors (Lipinski definition) is 2. The van der Waals surface area contributed by atoms with Crippen LogP contribution in [0, 0.1) is 11.6 Å². The molecule has 0 heterocycles. The van der Waals surface area contributed by atoms with E-state index >= 15 is 0 Å². The third kappa shape index (κ3) is 6.23. The summed E-state index contributed by atoms with van der Waals surface area (Å²) in [5.74, 6) is -1.94. The average Bonchev–Trinajstić information content (AvgIpc) is 2.63. The number of rotatable bonds is 7. The van der Waals surface area contributed by atoms with Crippen LogP contribution in [0.2, 0.25) is 0 Å². The highest BCUT2D eigenvalue weighted by Gasteiger charge is 2.05. The van der Waals surface area contributed by atoms with Gasteiger partial charge in [-0.3, -0.25) is 9.59 Å². The van der Waals surface area contributed by atoms with Crippen LogP contribution in [-0.2, 0) is 9.59 Å². The Balaban J connectivity index is 1.71. The monoisotopic (exact) mass is 358 g/mol. The van der Waals surface area contributed by atoms with Crippen LogP contribution in [-0.4, -0.2) is 24.2 Å². The zero-order chi connectivity index (χ0) is 18.8. The van der Waals surface area contributed by atoms with E-state index in [1.807, 2.05) is 0 Å². The van der Waals surface area contributed by atoms with Crippen LogP contribution in [0.15, 0.2) is 58.7 Å². The molecule has 0 saturated carbocycles. The number of halogens is 2. The molecule has 0 fully saturated rings. The fourth-order valence-electron chi connectivity index (χ4n) is 1.85. The molecule has 0 aromatic heterocycles.